The third-order valence-electron chi connectivity index (χ3n) is 6.09. The molecule has 2 heterocycles. The number of likely N-dealkylation sites (tertiary alicyclic amines) is 1. The van der Waals surface area contributed by atoms with Crippen molar-refractivity contribution in [2.75, 3.05) is 20.1 Å². The Bertz CT molecular complexity index is 1050. The monoisotopic (exact) mass is 432 g/mol. The summed E-state index contributed by atoms with van der Waals surface area (Å²) >= 11 is 0. The zero-order chi connectivity index (χ0) is 22.2. The highest BCUT2D eigenvalue weighted by atomic mass is 19.4. The Hall–Kier alpha value is -2.67. The van der Waals surface area contributed by atoms with Crippen LogP contribution in [0.5, 0.6) is 11.6 Å². The number of fused-ring (bicyclic) bond motifs is 1. The third-order valence-corrected chi connectivity index (χ3v) is 6.09. The zero-order valence-corrected chi connectivity index (χ0v) is 17.7. The molecule has 1 aromatic heterocycles. The van der Waals surface area contributed by atoms with Crippen molar-refractivity contribution in [1.82, 2.24) is 9.47 Å². The van der Waals surface area contributed by atoms with Gasteiger partial charge in [0.05, 0.1) is 6.54 Å². The summed E-state index contributed by atoms with van der Waals surface area (Å²) < 4.78 is 42.7. The second-order valence-electron chi connectivity index (χ2n) is 8.60. The van der Waals surface area contributed by atoms with Crippen molar-refractivity contribution in [2.45, 2.75) is 39.1 Å². The highest BCUT2D eigenvalue weighted by Crippen LogP contribution is 2.33. The summed E-state index contributed by atoms with van der Waals surface area (Å²) in [6.07, 6.45) is 0.648. The van der Waals surface area contributed by atoms with Gasteiger partial charge in [-0.1, -0.05) is 18.2 Å². The van der Waals surface area contributed by atoms with Crippen molar-refractivity contribution in [2.24, 2.45) is 5.92 Å². The molecule has 31 heavy (non-hydrogen) atoms. The first kappa shape index (κ1) is 21.6. The maximum atomic E-state index is 12.3. The number of nitrogens with zero attached hydrogens (tertiary/aromatic N) is 2. The van der Waals surface area contributed by atoms with E-state index in [4.69, 9.17) is 0 Å². The SMILES string of the molecule is Cc1cc(CC2CCN(C)CC2)cc2cn(Cc3ccc(OC(F)(F)F)cc3)c(O)c12. The fraction of sp³-hybridized carbons (Fsp3) is 0.417. The van der Waals surface area contributed by atoms with E-state index in [-0.39, 0.29) is 11.6 Å². The molecule has 1 fully saturated rings. The van der Waals surface area contributed by atoms with Gasteiger partial charge in [-0.2, -0.15) is 0 Å². The number of benzene rings is 2. The van der Waals surface area contributed by atoms with Crippen LogP contribution in [0.3, 0.4) is 0 Å². The van der Waals surface area contributed by atoms with Gasteiger partial charge in [0.1, 0.15) is 5.75 Å². The van der Waals surface area contributed by atoms with E-state index < -0.39 is 6.36 Å². The van der Waals surface area contributed by atoms with Crippen molar-refractivity contribution in [3.05, 3.63) is 59.3 Å². The smallest absolute Gasteiger partial charge is 0.494 e. The van der Waals surface area contributed by atoms with Gasteiger partial charge in [0, 0.05) is 17.0 Å². The summed E-state index contributed by atoms with van der Waals surface area (Å²) in [5.41, 5.74) is 3.09. The number of aromatic hydroxyl groups is 1. The average molecular weight is 432 g/mol. The molecule has 0 unspecified atom stereocenters. The highest BCUT2D eigenvalue weighted by molar-refractivity contribution is 5.91. The molecular weight excluding hydrogens is 405 g/mol. The third kappa shape index (κ3) is 5.15. The van der Waals surface area contributed by atoms with E-state index in [0.717, 1.165) is 41.4 Å². The van der Waals surface area contributed by atoms with E-state index in [1.807, 2.05) is 13.1 Å². The van der Waals surface area contributed by atoms with Crippen LogP contribution in [-0.4, -0.2) is 41.1 Å². The largest absolute Gasteiger partial charge is 0.573 e. The van der Waals surface area contributed by atoms with Crippen LogP contribution >= 0.6 is 0 Å². The Balaban J connectivity index is 1.52. The Morgan fingerprint density at radius 3 is 2.39 bits per heavy atom. The van der Waals surface area contributed by atoms with Gasteiger partial charge in [0.15, 0.2) is 5.88 Å². The minimum atomic E-state index is -4.71. The first-order valence-corrected chi connectivity index (χ1v) is 10.5. The Labute approximate surface area is 179 Å². The Kier molecular flexibility index (Phi) is 5.88. The zero-order valence-electron chi connectivity index (χ0n) is 17.7. The summed E-state index contributed by atoms with van der Waals surface area (Å²) in [7, 11) is 2.16. The maximum absolute atomic E-state index is 12.3. The van der Waals surface area contributed by atoms with Gasteiger partial charge in [-0.25, -0.2) is 0 Å². The summed E-state index contributed by atoms with van der Waals surface area (Å²) in [6.45, 7) is 4.63. The number of piperidine rings is 1. The van der Waals surface area contributed by atoms with Crippen molar-refractivity contribution < 1.29 is 23.0 Å². The maximum Gasteiger partial charge on any atom is 0.573 e. The average Bonchev–Trinajstić information content (AvgIpc) is 3.00. The van der Waals surface area contributed by atoms with Crippen LogP contribution in [0.4, 0.5) is 13.2 Å². The van der Waals surface area contributed by atoms with E-state index in [2.05, 4.69) is 28.8 Å². The number of hydrogen-bond donors (Lipinski definition) is 1. The molecule has 0 bridgehead atoms. The summed E-state index contributed by atoms with van der Waals surface area (Å²) in [6, 6.07) is 10.0. The Morgan fingerprint density at radius 1 is 1.06 bits per heavy atom. The summed E-state index contributed by atoms with van der Waals surface area (Å²) in [5.74, 6) is 0.600. The lowest BCUT2D eigenvalue weighted by atomic mass is 9.89. The molecule has 1 N–H and O–H groups in total. The summed E-state index contributed by atoms with van der Waals surface area (Å²) in [5, 5.41) is 12.6. The molecule has 4 nitrogen and oxygen atoms in total. The molecule has 0 amide bonds. The molecular formula is C24H27F3N2O2. The van der Waals surface area contributed by atoms with Crippen LogP contribution in [-0.2, 0) is 13.0 Å². The normalized spacial score (nSPS) is 16.2. The van der Waals surface area contributed by atoms with Gasteiger partial charge in [-0.15, -0.1) is 13.2 Å². The van der Waals surface area contributed by atoms with Crippen LogP contribution in [0, 0.1) is 12.8 Å². The number of hydrogen-bond acceptors (Lipinski definition) is 3. The van der Waals surface area contributed by atoms with Crippen LogP contribution in [0.15, 0.2) is 42.6 Å². The molecule has 0 atom stereocenters. The van der Waals surface area contributed by atoms with E-state index in [1.54, 1.807) is 16.7 Å². The van der Waals surface area contributed by atoms with Gasteiger partial charge in [-0.3, -0.25) is 0 Å². The van der Waals surface area contributed by atoms with Crippen LogP contribution < -0.4 is 4.74 Å². The second kappa shape index (κ2) is 8.46. The lowest BCUT2D eigenvalue weighted by Gasteiger charge is -2.29. The number of aryl methyl sites for hydroxylation is 1. The number of ether oxygens (including phenoxy) is 1. The molecule has 0 spiro atoms. The summed E-state index contributed by atoms with van der Waals surface area (Å²) in [4.78, 5) is 2.37. The van der Waals surface area contributed by atoms with Crippen LogP contribution in [0.2, 0.25) is 0 Å². The van der Waals surface area contributed by atoms with Gasteiger partial charge >= 0.3 is 6.36 Å². The standard InChI is InChI=1S/C24H27F3N2O2/c1-16-11-19(12-17-7-9-28(2)10-8-17)13-20-15-29(23(30)22(16)20)14-18-3-5-21(6-4-18)31-24(25,26)27/h3-6,11,13,15,17,30H,7-10,12,14H2,1-2H3. The predicted molar refractivity (Wildman–Crippen MR) is 114 cm³/mol. The van der Waals surface area contributed by atoms with Gasteiger partial charge < -0.3 is 19.3 Å². The van der Waals surface area contributed by atoms with Crippen molar-refractivity contribution >= 4 is 10.8 Å². The van der Waals surface area contributed by atoms with Crippen LogP contribution in [0.25, 0.3) is 10.8 Å². The molecule has 0 radical (unpaired) electrons. The first-order valence-electron chi connectivity index (χ1n) is 10.5. The lowest BCUT2D eigenvalue weighted by Crippen LogP contribution is -2.30. The van der Waals surface area contributed by atoms with Gasteiger partial charge in [0.2, 0.25) is 0 Å². The molecule has 7 heteroatoms. The fourth-order valence-corrected chi connectivity index (χ4v) is 4.50. The van der Waals surface area contributed by atoms with Crippen molar-refractivity contribution in [3.8, 4) is 11.6 Å². The minimum absolute atomic E-state index is 0.175. The number of alkyl halides is 3. The molecule has 166 valence electrons. The molecule has 0 saturated carbocycles. The minimum Gasteiger partial charge on any atom is -0.494 e. The number of rotatable bonds is 5. The topological polar surface area (TPSA) is 37.6 Å². The lowest BCUT2D eigenvalue weighted by molar-refractivity contribution is -0.274. The number of halogens is 3. The van der Waals surface area contributed by atoms with E-state index >= 15 is 0 Å². The predicted octanol–water partition coefficient (Wildman–Crippen LogP) is 5.49. The molecule has 1 aliphatic rings. The van der Waals surface area contributed by atoms with Gasteiger partial charge in [0.25, 0.3) is 0 Å². The molecule has 0 aliphatic carbocycles. The second-order valence-corrected chi connectivity index (χ2v) is 8.60. The quantitative estimate of drug-likeness (QED) is 0.580. The Morgan fingerprint density at radius 2 is 1.74 bits per heavy atom. The van der Waals surface area contributed by atoms with Crippen LogP contribution in [0.1, 0.15) is 29.5 Å². The molecule has 1 aliphatic heterocycles. The van der Waals surface area contributed by atoms with Crippen molar-refractivity contribution in [1.29, 1.82) is 0 Å². The molecule has 4 rings (SSSR count). The van der Waals surface area contributed by atoms with Gasteiger partial charge in [-0.05, 0) is 87.1 Å². The first-order chi connectivity index (χ1) is 14.7. The highest BCUT2D eigenvalue weighted by Gasteiger charge is 2.31. The molecule has 2 aromatic carbocycles. The molecule has 3 aromatic rings. The number of aromatic nitrogens is 1. The fourth-order valence-electron chi connectivity index (χ4n) is 4.50. The van der Waals surface area contributed by atoms with E-state index in [0.29, 0.717) is 12.5 Å². The van der Waals surface area contributed by atoms with E-state index in [1.165, 1.54) is 30.5 Å². The van der Waals surface area contributed by atoms with Crippen molar-refractivity contribution in [3.63, 3.8) is 0 Å². The molecule has 1 saturated heterocycles. The van der Waals surface area contributed by atoms with E-state index in [9.17, 15) is 18.3 Å².